The zero-order valence-electron chi connectivity index (χ0n) is 75.7. The summed E-state index contributed by atoms with van der Waals surface area (Å²) in [5.74, 6) is -13.7. The van der Waals surface area contributed by atoms with Crippen molar-refractivity contribution >= 4 is 123 Å². The first-order valence-corrected chi connectivity index (χ1v) is 46.9. The maximum absolute atomic E-state index is 13.2. The van der Waals surface area contributed by atoms with E-state index in [1.807, 2.05) is 5.32 Å². The van der Waals surface area contributed by atoms with Crippen molar-refractivity contribution in [2.45, 2.75) is 240 Å². The van der Waals surface area contributed by atoms with Crippen molar-refractivity contribution in [2.75, 3.05) is 26.4 Å². The molecule has 9 aliphatic rings. The van der Waals surface area contributed by atoms with E-state index in [0.29, 0.717) is 6.92 Å². The van der Waals surface area contributed by atoms with Gasteiger partial charge < -0.3 is 208 Å². The monoisotopic (exact) mass is 2380 g/mol. The van der Waals surface area contributed by atoms with E-state index in [4.69, 9.17) is 75.8 Å². The van der Waals surface area contributed by atoms with E-state index in [1.165, 1.54) is 4.72 Å². The summed E-state index contributed by atoms with van der Waals surface area (Å²) in [6, 6.07) is -11.3. The number of amides is 1. The molecule has 0 aromatic heterocycles. The summed E-state index contributed by atoms with van der Waals surface area (Å²) < 4.78 is 440. The number of aliphatic carboxylic acids is 4. The van der Waals surface area contributed by atoms with Gasteiger partial charge in [0.15, 0.2) is 87.2 Å². The third kappa shape index (κ3) is 46.6. The Morgan fingerprint density at radius 2 is 0.636 bits per heavy atom. The van der Waals surface area contributed by atoms with E-state index in [0.717, 1.165) is 9.44 Å². The van der Waals surface area contributed by atoms with Crippen LogP contribution in [0, 0.1) is 0 Å². The zero-order valence-corrected chi connectivity index (χ0v) is 109. The molecule has 0 spiro atoms. The van der Waals surface area contributed by atoms with Crippen molar-refractivity contribution in [1.82, 2.24) is 19.5 Å². The summed E-state index contributed by atoms with van der Waals surface area (Å²) in [4.78, 5) is 63.8. The topological polar surface area (TPSA) is 1130 Å². The molecule has 0 aromatic carbocycles. The molecule has 8 saturated heterocycles. The van der Waals surface area contributed by atoms with Gasteiger partial charge >= 0.3 is 384 Å². The van der Waals surface area contributed by atoms with E-state index in [-0.39, 0.29) is 390 Å². The average Bonchev–Trinajstić information content (AvgIpc) is 1.41. The van der Waals surface area contributed by atoms with Crippen molar-refractivity contribution in [2.24, 2.45) is 0 Å². The maximum atomic E-state index is 13.2. The van der Waals surface area contributed by atoms with Gasteiger partial charge in [-0.3, -0.25) is 29.9 Å². The SMILES string of the molecule is CC(=O)N[C@H]1[C@@H](O[C@H]2[C@H](O)[C@@H](O)[C@H](O[C@H]3[C@H](OS(=O)(=O)[O-])[C@@H](NS(=O)(=O)[O-])[C@@H](O[C@H]4[C@H](O)[C@@H](OS(=O)(=O)[O-])[C@H](O[C@H]5[C@H](O)[C@@H](NS(=O)(=O)[O-])[C@H]6OC[C@H]5O6)O[C@H]4C(=O)[O-])O[C@@H]3COS(=O)(=O)[O-])O[C@@H]2C(=O)[O-])O[C@H](COS(=O)(=O)[O-])[C@@H](O[C@@H]2O[C@@H](C(=O)[O-])[C@@H](O[C@H]3O[C@H](COS(=O)(=O)[O-])[C@@H](O[C@@H]4OC(C(=O)[O-])=C[C@H](O)[C@H]4OS(=O)(=O)[O-])[C@H](O)[C@H]3NS(=O)(=O)[O-])[C@H](O)[C@H]2O)[C@@H]1O.[Na+].[Na+].[Na+].[Na+].[Na+].[Na+].[Na+].[Na+].[Na+].[Na+].[Na+].[Na+].[Na+]. The number of rotatable bonds is 40. The molecular formula is C50H63N4Na13O67S9. The minimum Gasteiger partial charge on any atom is -0.735 e. The molecule has 71 nitrogen and oxygen atoms in total. The number of carbonyl (C=O) groups is 5. The van der Waals surface area contributed by atoms with Crippen LogP contribution in [0.1, 0.15) is 6.92 Å². The molecule has 0 aliphatic carbocycles. The van der Waals surface area contributed by atoms with E-state index in [9.17, 15) is 207 Å². The summed E-state index contributed by atoms with van der Waals surface area (Å²) >= 11 is 0. The number of carboxylic acids is 4. The van der Waals surface area contributed by atoms with Gasteiger partial charge in [-0.05, 0) is 6.08 Å². The predicted octanol–water partition coefficient (Wildman–Crippen LogP) is -65.9. The molecule has 2 bridgehead atoms. The Balaban J connectivity index is -0.00000488. The molecule has 13 N–H and O–H groups in total. The predicted molar refractivity (Wildman–Crippen MR) is 346 cm³/mol. The van der Waals surface area contributed by atoms with Gasteiger partial charge in [-0.1, -0.05) is 0 Å². The fourth-order valence-corrected chi connectivity index (χ4v) is 17.9. The quantitative estimate of drug-likeness (QED) is 0.0154. The number of carboxylic acid groups (broad SMARTS) is 4. The smallest absolute Gasteiger partial charge is 0.735 e. The van der Waals surface area contributed by atoms with Crippen LogP contribution in [0.25, 0.3) is 0 Å². The van der Waals surface area contributed by atoms with Crippen LogP contribution in [0.3, 0.4) is 0 Å². The van der Waals surface area contributed by atoms with Crippen LogP contribution >= 0.6 is 0 Å². The van der Waals surface area contributed by atoms with Crippen LogP contribution in [0.5, 0.6) is 0 Å². The van der Waals surface area contributed by atoms with Gasteiger partial charge in [0.05, 0.1) is 44.3 Å². The van der Waals surface area contributed by atoms with Crippen molar-refractivity contribution in [3.05, 3.63) is 11.8 Å². The molecule has 9 heterocycles. The van der Waals surface area contributed by atoms with E-state index >= 15 is 0 Å². The molecular weight excluding hydrogens is 2320 g/mol. The number of hydrogen-bond donors (Lipinski definition) is 13. The van der Waals surface area contributed by atoms with Crippen LogP contribution in [0.4, 0.5) is 0 Å². The summed E-state index contributed by atoms with van der Waals surface area (Å²) in [5, 5.41) is 157. The van der Waals surface area contributed by atoms with Crippen LogP contribution in [-0.4, -0.2) is 452 Å². The normalized spacial score (nSPS) is 36.8. The Labute approximate surface area is 1090 Å². The molecule has 8 fully saturated rings. The van der Waals surface area contributed by atoms with Crippen molar-refractivity contribution < 1.29 is 692 Å². The largest absolute Gasteiger partial charge is 1.00 e. The molecule has 38 atom stereocenters. The second-order valence-corrected chi connectivity index (χ2v) is 37.3. The third-order valence-electron chi connectivity index (χ3n) is 18.8. The molecule has 0 aromatic rings. The molecule has 0 saturated carbocycles. The van der Waals surface area contributed by atoms with Gasteiger partial charge in [-0.25, -0.2) is 89.9 Å². The molecule has 9 rings (SSSR count). The zero-order chi connectivity index (χ0) is 97.8. The fraction of sp³-hybridized carbons (Fsp3) is 0.860. The minimum atomic E-state index is -6.77. The standard InChI is InChI=1S/C50H76N4O67S9.13Na/c1-7(55)51-14-18(57)28(109-47-23(62)21(60)33(37(116-47)41(69)70)114-45-16(53-123(76,77)78)20(59)29(12(107-45)5-102-126(85,86)87)110-49-26(119-128(91,92)93)8(56)2-9(104-49)39(65)66)11(4-101-125(82,83)84)106-44(14)113-32-22(61)24(63)48(117-36(32)40(67)68)112-30-13(6-103-127(88,89)90)108-46(17(54-124(79,80)81)31(30)120-129(94,95)96)115-34-25(64)35(121-130(97,98)99)50(118-38(34)42(71)72)111-27-10-3-100-43(105-10)15(19(27)58)52-122(73,74)75;;;;;;;;;;;;;/h2,8,10-38,43-50,52-54,56-64H,3-6H2,1H3,(H,51,55)(H,65,66)(H,67,68)(H,69,70)(H,71,72)(H,73,74,75)(H,76,77,78)(H,79,80,81)(H,82,83,84)(H,85,86,87)(H,88,89,90)(H,91,92,93)(H,94,95,96)(H,97,98,99);;;;;;;;;;;;;/q;13*+1/p-13/t8-,10+,11+,12+,13+,14+,15+,16+,17+,18+,19+,20+,21+,22+,23+,24+,25-,26+,27+,28+,29+,30+,31+,32-,33-,34-,35+,36-,37+,38+,43-,44+,45+,46+,47+,48+,49-,50+;;;;;;;;;;;;;/m0............./s1. The number of nitrogens with one attached hydrogen (secondary N) is 4. The van der Waals surface area contributed by atoms with Crippen LogP contribution < -0.4 is 424 Å². The molecule has 9 aliphatic heterocycles. The van der Waals surface area contributed by atoms with Gasteiger partial charge in [0, 0.05) is 6.92 Å². The fourth-order valence-electron chi connectivity index (χ4n) is 13.8. The third-order valence-corrected chi connectivity index (χ3v) is 23.2. The molecule has 0 unspecified atom stereocenters. The van der Waals surface area contributed by atoms with Crippen LogP contribution in [0.15, 0.2) is 11.8 Å². The van der Waals surface area contributed by atoms with Gasteiger partial charge in [-0.15, -0.1) is 0 Å². The van der Waals surface area contributed by atoms with E-state index in [2.05, 4.69) is 25.1 Å². The number of carbonyl (C=O) groups excluding carboxylic acids is 5. The van der Waals surface area contributed by atoms with E-state index < -0.39 is 388 Å². The number of fused-ring (bicyclic) bond motifs is 2. The summed E-state index contributed by atoms with van der Waals surface area (Å²) in [7, 11) is -56.1. The first-order valence-electron chi connectivity index (χ1n) is 34.7. The van der Waals surface area contributed by atoms with E-state index in [1.54, 1.807) is 0 Å². The minimum absolute atomic E-state index is 0. The number of ether oxygens (including phenoxy) is 16. The summed E-state index contributed by atoms with van der Waals surface area (Å²) in [6.07, 6.45) is -102. The summed E-state index contributed by atoms with van der Waals surface area (Å²) in [5.41, 5.74) is 0. The molecule has 1 amide bonds. The molecule has 93 heteroatoms. The van der Waals surface area contributed by atoms with Crippen LogP contribution in [-0.2, 0) is 218 Å². The Morgan fingerprint density at radius 3 is 1.01 bits per heavy atom. The Morgan fingerprint density at radius 1 is 0.329 bits per heavy atom. The summed E-state index contributed by atoms with van der Waals surface area (Å²) in [6.45, 7) is -6.28. The van der Waals surface area contributed by atoms with Crippen molar-refractivity contribution in [3.8, 4) is 0 Å². The van der Waals surface area contributed by atoms with Gasteiger partial charge in [0.25, 0.3) is 0 Å². The second kappa shape index (κ2) is 65.6. The molecule has 143 heavy (non-hydrogen) atoms. The van der Waals surface area contributed by atoms with Gasteiger partial charge in [0.1, 0.15) is 182 Å². The molecule has 752 valence electrons. The van der Waals surface area contributed by atoms with Gasteiger partial charge in [-0.2, -0.15) is 0 Å². The number of aliphatic hydroxyl groups excluding tert-OH is 9. The number of aliphatic hydroxyl groups is 9. The first kappa shape index (κ1) is 159. The Hall–Kier alpha value is 7.76. The Bertz CT molecular complexity index is 5260. The van der Waals surface area contributed by atoms with Crippen molar-refractivity contribution in [1.29, 1.82) is 0 Å². The average molecular weight is 2380 g/mol. The van der Waals surface area contributed by atoms with Gasteiger partial charge in [0.2, 0.25) is 74.6 Å². The maximum Gasteiger partial charge on any atom is 1.00 e. The van der Waals surface area contributed by atoms with Crippen molar-refractivity contribution in [3.63, 3.8) is 0 Å². The number of hydrogen-bond acceptors (Lipinski definition) is 67. The van der Waals surface area contributed by atoms with Crippen LogP contribution in [0.2, 0.25) is 0 Å². The Kier molecular flexibility index (Phi) is 73.0. The second-order valence-electron chi connectivity index (χ2n) is 27.7. The molecule has 0 radical (unpaired) electrons. The first-order chi connectivity index (χ1) is 59.4.